The lowest BCUT2D eigenvalue weighted by Gasteiger charge is -2.08. The Labute approximate surface area is 156 Å². The molecule has 2 aromatic rings. The molecule has 9 heteroatoms. The standard InChI is InChI=1S/C16H13BrClFN2O4/c17-11-5-10(7-20-8-11)16(23)21-3-4-24-15(22)9-25-12-1-2-14(19)13(18)6-12/h1-2,5-8H,3-4,9H2,(H,21,23). The highest BCUT2D eigenvalue weighted by molar-refractivity contribution is 9.10. The minimum absolute atomic E-state index is 0.0143. The molecule has 0 aliphatic heterocycles. The molecule has 0 saturated heterocycles. The number of benzene rings is 1. The maximum atomic E-state index is 13.0. The number of pyridine rings is 1. The van der Waals surface area contributed by atoms with Gasteiger partial charge in [-0.05, 0) is 34.1 Å². The van der Waals surface area contributed by atoms with Gasteiger partial charge in [-0.3, -0.25) is 9.78 Å². The molecule has 0 fully saturated rings. The average molecular weight is 432 g/mol. The number of esters is 1. The first kappa shape index (κ1) is 19.1. The van der Waals surface area contributed by atoms with Gasteiger partial charge >= 0.3 is 5.97 Å². The largest absolute Gasteiger partial charge is 0.482 e. The second kappa shape index (κ2) is 9.33. The van der Waals surface area contributed by atoms with Gasteiger partial charge in [-0.15, -0.1) is 0 Å². The molecule has 1 heterocycles. The highest BCUT2D eigenvalue weighted by atomic mass is 79.9. The summed E-state index contributed by atoms with van der Waals surface area (Å²) in [5.41, 5.74) is 0.386. The summed E-state index contributed by atoms with van der Waals surface area (Å²) in [5, 5.41) is 2.49. The second-order valence-electron chi connectivity index (χ2n) is 4.73. The van der Waals surface area contributed by atoms with Crippen LogP contribution in [0.4, 0.5) is 4.39 Å². The van der Waals surface area contributed by atoms with Gasteiger partial charge < -0.3 is 14.8 Å². The fourth-order valence-corrected chi connectivity index (χ4v) is 2.25. The van der Waals surface area contributed by atoms with Crippen LogP contribution < -0.4 is 10.1 Å². The predicted molar refractivity (Wildman–Crippen MR) is 92.1 cm³/mol. The Morgan fingerprint density at radius 3 is 2.80 bits per heavy atom. The number of aromatic nitrogens is 1. The second-order valence-corrected chi connectivity index (χ2v) is 6.06. The molecular weight excluding hydrogens is 419 g/mol. The number of halogens is 3. The Morgan fingerprint density at radius 1 is 1.28 bits per heavy atom. The number of carbonyl (C=O) groups excluding carboxylic acids is 2. The lowest BCUT2D eigenvalue weighted by atomic mass is 10.3. The van der Waals surface area contributed by atoms with E-state index in [9.17, 15) is 14.0 Å². The molecule has 0 unspecified atom stereocenters. The fourth-order valence-electron chi connectivity index (χ4n) is 1.72. The van der Waals surface area contributed by atoms with E-state index in [1.807, 2.05) is 0 Å². The van der Waals surface area contributed by atoms with E-state index in [1.54, 1.807) is 12.3 Å². The molecule has 0 aliphatic carbocycles. The zero-order valence-corrected chi connectivity index (χ0v) is 15.1. The first-order chi connectivity index (χ1) is 12.0. The van der Waals surface area contributed by atoms with Crippen molar-refractivity contribution >= 4 is 39.4 Å². The van der Waals surface area contributed by atoms with E-state index in [0.29, 0.717) is 10.0 Å². The van der Waals surface area contributed by atoms with Crippen LogP contribution in [0.2, 0.25) is 5.02 Å². The van der Waals surface area contributed by atoms with Gasteiger partial charge in [0, 0.05) is 22.9 Å². The lowest BCUT2D eigenvalue weighted by molar-refractivity contribution is -0.145. The Kier molecular flexibility index (Phi) is 7.15. The number of amides is 1. The zero-order chi connectivity index (χ0) is 18.2. The molecule has 0 radical (unpaired) electrons. The third kappa shape index (κ3) is 6.32. The van der Waals surface area contributed by atoms with E-state index in [4.69, 9.17) is 21.1 Å². The smallest absolute Gasteiger partial charge is 0.344 e. The van der Waals surface area contributed by atoms with Crippen molar-refractivity contribution in [1.29, 1.82) is 0 Å². The number of nitrogens with one attached hydrogen (secondary N) is 1. The molecule has 0 aliphatic rings. The Bertz CT molecular complexity index is 776. The van der Waals surface area contributed by atoms with Crippen LogP contribution in [0.1, 0.15) is 10.4 Å². The molecule has 0 spiro atoms. The summed E-state index contributed by atoms with van der Waals surface area (Å²) in [4.78, 5) is 27.3. The summed E-state index contributed by atoms with van der Waals surface area (Å²) in [6.07, 6.45) is 2.99. The van der Waals surface area contributed by atoms with E-state index in [-0.39, 0.29) is 36.4 Å². The van der Waals surface area contributed by atoms with Crippen LogP contribution in [0, 0.1) is 5.82 Å². The van der Waals surface area contributed by atoms with E-state index in [0.717, 1.165) is 6.07 Å². The Balaban J connectivity index is 1.66. The van der Waals surface area contributed by atoms with Gasteiger partial charge in [-0.1, -0.05) is 11.6 Å². The summed E-state index contributed by atoms with van der Waals surface area (Å²) < 4.78 is 23.7. The molecule has 1 N–H and O–H groups in total. The Morgan fingerprint density at radius 2 is 2.08 bits per heavy atom. The number of carbonyl (C=O) groups is 2. The summed E-state index contributed by atoms with van der Waals surface area (Å²) in [6.45, 7) is -0.232. The van der Waals surface area contributed by atoms with Gasteiger partial charge in [0.2, 0.25) is 0 Å². The molecule has 132 valence electrons. The minimum Gasteiger partial charge on any atom is -0.482 e. The molecule has 1 aromatic heterocycles. The number of hydrogen-bond acceptors (Lipinski definition) is 5. The highest BCUT2D eigenvalue weighted by Gasteiger charge is 2.08. The van der Waals surface area contributed by atoms with Crippen LogP contribution in [-0.4, -0.2) is 36.6 Å². The molecule has 1 amide bonds. The zero-order valence-electron chi connectivity index (χ0n) is 12.8. The van der Waals surface area contributed by atoms with Crippen molar-refractivity contribution in [3.63, 3.8) is 0 Å². The lowest BCUT2D eigenvalue weighted by Crippen LogP contribution is -2.29. The van der Waals surface area contributed by atoms with Crippen LogP contribution in [0.25, 0.3) is 0 Å². The van der Waals surface area contributed by atoms with Gasteiger partial charge in [0.15, 0.2) is 6.61 Å². The molecule has 25 heavy (non-hydrogen) atoms. The topological polar surface area (TPSA) is 77.5 Å². The number of nitrogens with zero attached hydrogens (tertiary/aromatic N) is 1. The van der Waals surface area contributed by atoms with Gasteiger partial charge in [0.1, 0.15) is 18.2 Å². The molecule has 0 atom stereocenters. The van der Waals surface area contributed by atoms with Gasteiger partial charge in [0.05, 0.1) is 17.1 Å². The van der Waals surface area contributed by atoms with Crippen LogP contribution in [0.15, 0.2) is 41.1 Å². The van der Waals surface area contributed by atoms with Crippen molar-refractivity contribution in [2.45, 2.75) is 0 Å². The number of ether oxygens (including phenoxy) is 2. The van der Waals surface area contributed by atoms with Gasteiger partial charge in [-0.25, -0.2) is 9.18 Å². The quantitative estimate of drug-likeness (QED) is 0.539. The number of rotatable bonds is 7. The minimum atomic E-state index is -0.626. The van der Waals surface area contributed by atoms with Crippen LogP contribution in [-0.2, 0) is 9.53 Å². The highest BCUT2D eigenvalue weighted by Crippen LogP contribution is 2.20. The van der Waals surface area contributed by atoms with Crippen LogP contribution >= 0.6 is 27.5 Å². The fraction of sp³-hybridized carbons (Fsp3) is 0.188. The maximum absolute atomic E-state index is 13.0. The van der Waals surface area contributed by atoms with Gasteiger partial charge in [0.25, 0.3) is 5.91 Å². The SMILES string of the molecule is O=C(COc1ccc(F)c(Cl)c1)OCCNC(=O)c1cncc(Br)c1. The van der Waals surface area contributed by atoms with E-state index in [1.165, 1.54) is 18.3 Å². The molecule has 1 aromatic carbocycles. The molecule has 2 rings (SSSR count). The molecule has 0 saturated carbocycles. The third-order valence-corrected chi connectivity index (χ3v) is 3.59. The normalized spacial score (nSPS) is 10.2. The third-order valence-electron chi connectivity index (χ3n) is 2.87. The summed E-state index contributed by atoms with van der Waals surface area (Å²) >= 11 is 8.82. The first-order valence-corrected chi connectivity index (χ1v) is 8.25. The average Bonchev–Trinajstić information content (AvgIpc) is 2.59. The summed E-state index contributed by atoms with van der Waals surface area (Å²) in [6, 6.07) is 5.36. The predicted octanol–water partition coefficient (Wildman–Crippen LogP) is 2.99. The van der Waals surface area contributed by atoms with Crippen molar-refractivity contribution in [3.05, 3.63) is 57.5 Å². The molecule has 0 bridgehead atoms. The number of hydrogen-bond donors (Lipinski definition) is 1. The van der Waals surface area contributed by atoms with Crippen molar-refractivity contribution in [2.75, 3.05) is 19.8 Å². The molecule has 6 nitrogen and oxygen atoms in total. The maximum Gasteiger partial charge on any atom is 0.344 e. The van der Waals surface area contributed by atoms with Crippen molar-refractivity contribution < 1.29 is 23.5 Å². The Hall–Kier alpha value is -2.19. The first-order valence-electron chi connectivity index (χ1n) is 7.08. The van der Waals surface area contributed by atoms with Crippen molar-refractivity contribution in [1.82, 2.24) is 10.3 Å². The van der Waals surface area contributed by atoms with Crippen molar-refractivity contribution in [2.24, 2.45) is 0 Å². The van der Waals surface area contributed by atoms with Crippen molar-refractivity contribution in [3.8, 4) is 5.75 Å². The summed E-state index contributed by atoms with van der Waals surface area (Å²) in [7, 11) is 0. The van der Waals surface area contributed by atoms with E-state index >= 15 is 0 Å². The van der Waals surface area contributed by atoms with Gasteiger partial charge in [-0.2, -0.15) is 0 Å². The van der Waals surface area contributed by atoms with Crippen LogP contribution in [0.5, 0.6) is 5.75 Å². The monoisotopic (exact) mass is 430 g/mol. The van der Waals surface area contributed by atoms with E-state index < -0.39 is 11.8 Å². The molecular formula is C16H13BrClFN2O4. The summed E-state index contributed by atoms with van der Waals surface area (Å²) in [5.74, 6) is -1.28. The van der Waals surface area contributed by atoms with E-state index in [2.05, 4.69) is 26.2 Å². The van der Waals surface area contributed by atoms with Crippen LogP contribution in [0.3, 0.4) is 0 Å².